The number of methoxy groups -OCH3 is 1. The summed E-state index contributed by atoms with van der Waals surface area (Å²) in [5.41, 5.74) is 0.945. The summed E-state index contributed by atoms with van der Waals surface area (Å²) >= 11 is 3.39. The predicted molar refractivity (Wildman–Crippen MR) is 58.7 cm³/mol. The summed E-state index contributed by atoms with van der Waals surface area (Å²) < 4.78 is 11.4. The Morgan fingerprint density at radius 2 is 2.14 bits per heavy atom. The van der Waals surface area contributed by atoms with Gasteiger partial charge in [-0.3, -0.25) is 0 Å². The minimum absolute atomic E-state index is 0.636. The molecule has 0 spiro atoms. The second-order valence-electron chi connectivity index (χ2n) is 2.96. The fourth-order valence-electron chi connectivity index (χ4n) is 1.05. The molecule has 4 heteroatoms. The van der Waals surface area contributed by atoms with Crippen molar-refractivity contribution in [2.24, 2.45) is 0 Å². The van der Waals surface area contributed by atoms with Crippen LogP contribution in [0.1, 0.15) is 12.1 Å². The fraction of sp³-hybridized carbons (Fsp3) is 0.500. The first-order valence-corrected chi connectivity index (χ1v) is 5.27. The molecule has 1 rings (SSSR count). The minimum atomic E-state index is 0.636. The smallest absolute Gasteiger partial charge is 0.214 e. The quantitative estimate of drug-likeness (QED) is 0.762. The summed E-state index contributed by atoms with van der Waals surface area (Å²) in [7, 11) is 1.68. The van der Waals surface area contributed by atoms with Gasteiger partial charge in [-0.15, -0.1) is 0 Å². The number of nitrogens with zero attached hydrogens (tertiary/aromatic N) is 1. The van der Waals surface area contributed by atoms with E-state index in [4.69, 9.17) is 9.47 Å². The lowest BCUT2D eigenvalue weighted by molar-refractivity contribution is 0.170. The number of aromatic nitrogens is 1. The third kappa shape index (κ3) is 4.07. The highest BCUT2D eigenvalue weighted by Gasteiger charge is 1.98. The number of hydrogen-bond acceptors (Lipinski definition) is 3. The highest BCUT2D eigenvalue weighted by Crippen LogP contribution is 2.17. The van der Waals surface area contributed by atoms with E-state index in [0.717, 1.165) is 16.6 Å². The predicted octanol–water partition coefficient (Wildman–Crippen LogP) is 2.57. The van der Waals surface area contributed by atoms with Crippen molar-refractivity contribution in [3.63, 3.8) is 0 Å². The summed E-state index contributed by atoms with van der Waals surface area (Å²) in [5, 5.41) is 0. The van der Waals surface area contributed by atoms with Crippen LogP contribution >= 0.6 is 15.9 Å². The third-order valence-corrected chi connectivity index (χ3v) is 2.10. The van der Waals surface area contributed by atoms with E-state index in [-0.39, 0.29) is 0 Å². The minimum Gasteiger partial charge on any atom is -0.478 e. The highest BCUT2D eigenvalue weighted by atomic mass is 79.9. The average molecular weight is 260 g/mol. The molecular formula is C10H14BrNO2. The average Bonchev–Trinajstić information content (AvgIpc) is 2.11. The normalized spacial score (nSPS) is 10.2. The molecule has 0 atom stereocenters. The topological polar surface area (TPSA) is 31.4 Å². The largest absolute Gasteiger partial charge is 0.478 e. The van der Waals surface area contributed by atoms with Gasteiger partial charge < -0.3 is 9.47 Å². The van der Waals surface area contributed by atoms with Crippen LogP contribution in [0.2, 0.25) is 0 Å². The Hall–Kier alpha value is -0.610. The van der Waals surface area contributed by atoms with Crippen molar-refractivity contribution < 1.29 is 9.47 Å². The Kier molecular flexibility index (Phi) is 4.90. The Bertz CT molecular complexity index is 271. The molecule has 0 aliphatic rings. The number of pyridine rings is 1. The van der Waals surface area contributed by atoms with Crippen LogP contribution in [0.15, 0.2) is 16.6 Å². The zero-order valence-electron chi connectivity index (χ0n) is 8.42. The molecule has 0 saturated heterocycles. The fourth-order valence-corrected chi connectivity index (χ4v) is 1.58. The molecule has 0 aliphatic heterocycles. The summed E-state index contributed by atoms with van der Waals surface area (Å²) in [5.74, 6) is 0.660. The molecule has 1 heterocycles. The van der Waals surface area contributed by atoms with Gasteiger partial charge in [-0.2, -0.15) is 0 Å². The molecule has 14 heavy (non-hydrogen) atoms. The Morgan fingerprint density at radius 3 is 2.79 bits per heavy atom. The number of rotatable bonds is 5. The summed E-state index contributed by atoms with van der Waals surface area (Å²) in [6.07, 6.45) is 0.879. The second kappa shape index (κ2) is 5.98. The van der Waals surface area contributed by atoms with Gasteiger partial charge in [0.15, 0.2) is 0 Å². The van der Waals surface area contributed by atoms with Gasteiger partial charge in [0.1, 0.15) is 0 Å². The van der Waals surface area contributed by atoms with Crippen molar-refractivity contribution in [1.82, 2.24) is 4.98 Å². The Labute approximate surface area is 92.6 Å². The first kappa shape index (κ1) is 11.5. The van der Waals surface area contributed by atoms with Crippen LogP contribution in [0.4, 0.5) is 0 Å². The van der Waals surface area contributed by atoms with Crippen LogP contribution < -0.4 is 4.74 Å². The maximum atomic E-state index is 5.45. The number of ether oxygens (including phenoxy) is 2. The molecule has 0 aromatic carbocycles. The lowest BCUT2D eigenvalue weighted by Crippen LogP contribution is -2.02. The van der Waals surface area contributed by atoms with Crippen molar-refractivity contribution in [3.05, 3.63) is 22.3 Å². The number of aryl methyl sites for hydroxylation is 1. The van der Waals surface area contributed by atoms with Gasteiger partial charge in [-0.05, 0) is 13.0 Å². The maximum absolute atomic E-state index is 5.45. The van der Waals surface area contributed by atoms with Gasteiger partial charge in [0.25, 0.3) is 0 Å². The monoisotopic (exact) mass is 259 g/mol. The second-order valence-corrected chi connectivity index (χ2v) is 3.88. The van der Waals surface area contributed by atoms with Gasteiger partial charge >= 0.3 is 0 Å². The Balaban J connectivity index is 2.42. The van der Waals surface area contributed by atoms with E-state index in [2.05, 4.69) is 20.9 Å². The lowest BCUT2D eigenvalue weighted by atomic mass is 10.4. The molecule has 0 N–H and O–H groups in total. The van der Waals surface area contributed by atoms with Crippen LogP contribution in [0.3, 0.4) is 0 Å². The Morgan fingerprint density at radius 1 is 1.36 bits per heavy atom. The van der Waals surface area contributed by atoms with Crippen LogP contribution in [0.5, 0.6) is 5.88 Å². The van der Waals surface area contributed by atoms with E-state index in [9.17, 15) is 0 Å². The van der Waals surface area contributed by atoms with E-state index < -0.39 is 0 Å². The van der Waals surface area contributed by atoms with Crippen molar-refractivity contribution >= 4 is 15.9 Å². The molecule has 0 radical (unpaired) electrons. The van der Waals surface area contributed by atoms with E-state index in [0.29, 0.717) is 19.1 Å². The third-order valence-electron chi connectivity index (χ3n) is 1.64. The molecule has 1 aromatic rings. The lowest BCUT2D eigenvalue weighted by Gasteiger charge is -2.05. The highest BCUT2D eigenvalue weighted by molar-refractivity contribution is 9.10. The van der Waals surface area contributed by atoms with E-state index in [1.54, 1.807) is 7.11 Å². The molecule has 1 aromatic heterocycles. The zero-order valence-corrected chi connectivity index (χ0v) is 10.0. The van der Waals surface area contributed by atoms with E-state index in [1.807, 2.05) is 19.1 Å². The van der Waals surface area contributed by atoms with Crippen LogP contribution in [0.25, 0.3) is 0 Å². The molecule has 0 fully saturated rings. The van der Waals surface area contributed by atoms with Gasteiger partial charge in [0.05, 0.1) is 6.61 Å². The van der Waals surface area contributed by atoms with Crippen molar-refractivity contribution in [1.29, 1.82) is 0 Å². The van der Waals surface area contributed by atoms with Crippen LogP contribution in [0, 0.1) is 6.92 Å². The molecule has 0 aliphatic carbocycles. The SMILES string of the molecule is COCCCOc1cc(Br)cc(C)n1. The van der Waals surface area contributed by atoms with E-state index in [1.165, 1.54) is 0 Å². The van der Waals surface area contributed by atoms with Gasteiger partial charge in [0, 0.05) is 36.4 Å². The van der Waals surface area contributed by atoms with Gasteiger partial charge in [-0.1, -0.05) is 15.9 Å². The molecule has 0 unspecified atom stereocenters. The van der Waals surface area contributed by atoms with Gasteiger partial charge in [0.2, 0.25) is 5.88 Å². The van der Waals surface area contributed by atoms with Crippen molar-refractivity contribution in [2.45, 2.75) is 13.3 Å². The molecule has 78 valence electrons. The van der Waals surface area contributed by atoms with Crippen molar-refractivity contribution in [3.8, 4) is 5.88 Å². The zero-order chi connectivity index (χ0) is 10.4. The van der Waals surface area contributed by atoms with Gasteiger partial charge in [-0.25, -0.2) is 4.98 Å². The first-order chi connectivity index (χ1) is 6.72. The standard InChI is InChI=1S/C10H14BrNO2/c1-8-6-9(11)7-10(12-8)14-5-3-4-13-2/h6-7H,3-5H2,1-2H3. The number of hydrogen-bond donors (Lipinski definition) is 0. The molecular weight excluding hydrogens is 246 g/mol. The number of halogens is 1. The summed E-state index contributed by atoms with van der Waals surface area (Å²) in [6, 6.07) is 3.81. The maximum Gasteiger partial charge on any atom is 0.214 e. The molecule has 0 amide bonds. The van der Waals surface area contributed by atoms with E-state index >= 15 is 0 Å². The summed E-state index contributed by atoms with van der Waals surface area (Å²) in [4.78, 5) is 4.24. The van der Waals surface area contributed by atoms with Crippen molar-refractivity contribution in [2.75, 3.05) is 20.3 Å². The first-order valence-electron chi connectivity index (χ1n) is 4.48. The van der Waals surface area contributed by atoms with Crippen LogP contribution in [-0.2, 0) is 4.74 Å². The molecule has 0 bridgehead atoms. The summed E-state index contributed by atoms with van der Waals surface area (Å²) in [6.45, 7) is 3.29. The molecule has 0 saturated carbocycles. The molecule has 3 nitrogen and oxygen atoms in total. The van der Waals surface area contributed by atoms with Crippen LogP contribution in [-0.4, -0.2) is 25.3 Å².